The highest BCUT2D eigenvalue weighted by molar-refractivity contribution is 6.31. The molecule has 0 aliphatic rings. The van der Waals surface area contributed by atoms with Crippen LogP contribution in [-0.4, -0.2) is 11.0 Å². The molecule has 0 spiro atoms. The van der Waals surface area contributed by atoms with Gasteiger partial charge in [0, 0.05) is 23.7 Å². The summed E-state index contributed by atoms with van der Waals surface area (Å²) in [6.45, 7) is 4.74. The minimum atomic E-state index is 0.366. The van der Waals surface area contributed by atoms with E-state index in [2.05, 4.69) is 24.1 Å². The van der Waals surface area contributed by atoms with Crippen molar-refractivity contribution in [2.45, 2.75) is 26.4 Å². The summed E-state index contributed by atoms with van der Waals surface area (Å²) in [6.07, 6.45) is 0. The van der Waals surface area contributed by atoms with Crippen LogP contribution >= 0.6 is 23.2 Å². The summed E-state index contributed by atoms with van der Waals surface area (Å²) in [5.41, 5.74) is 0.764. The third kappa shape index (κ3) is 4.37. The van der Waals surface area contributed by atoms with E-state index < -0.39 is 0 Å². The monoisotopic (exact) mass is 310 g/mol. The highest BCUT2D eigenvalue weighted by Crippen LogP contribution is 2.25. The molecule has 5 heteroatoms. The van der Waals surface area contributed by atoms with Crippen LogP contribution in [0.25, 0.3) is 0 Å². The fourth-order valence-electron chi connectivity index (χ4n) is 1.60. The van der Waals surface area contributed by atoms with Gasteiger partial charge < -0.3 is 10.1 Å². The molecule has 0 aliphatic heterocycles. The molecular formula is C15H16Cl2N2O. The van der Waals surface area contributed by atoms with Gasteiger partial charge in [0.15, 0.2) is 0 Å². The first-order valence-electron chi connectivity index (χ1n) is 6.37. The van der Waals surface area contributed by atoms with E-state index in [4.69, 9.17) is 27.9 Å². The van der Waals surface area contributed by atoms with Crippen LogP contribution in [0.3, 0.4) is 0 Å². The van der Waals surface area contributed by atoms with Crippen molar-refractivity contribution in [1.29, 1.82) is 0 Å². The van der Waals surface area contributed by atoms with Gasteiger partial charge in [0.1, 0.15) is 5.75 Å². The Morgan fingerprint density at radius 2 is 2.00 bits per heavy atom. The molecule has 0 saturated heterocycles. The van der Waals surface area contributed by atoms with Gasteiger partial charge in [-0.05, 0) is 24.3 Å². The van der Waals surface area contributed by atoms with Gasteiger partial charge in [-0.25, -0.2) is 4.98 Å². The Labute approximate surface area is 128 Å². The van der Waals surface area contributed by atoms with Gasteiger partial charge in [0.2, 0.25) is 5.88 Å². The molecule has 20 heavy (non-hydrogen) atoms. The molecule has 0 unspecified atom stereocenters. The third-order valence-electron chi connectivity index (χ3n) is 2.59. The number of rotatable bonds is 5. The van der Waals surface area contributed by atoms with Crippen molar-refractivity contribution in [3.63, 3.8) is 0 Å². The van der Waals surface area contributed by atoms with Crippen molar-refractivity contribution in [2.24, 2.45) is 0 Å². The summed E-state index contributed by atoms with van der Waals surface area (Å²) < 4.78 is 5.68. The fourth-order valence-corrected chi connectivity index (χ4v) is 1.95. The zero-order valence-electron chi connectivity index (χ0n) is 11.4. The van der Waals surface area contributed by atoms with Crippen molar-refractivity contribution >= 4 is 23.2 Å². The Morgan fingerprint density at radius 1 is 1.20 bits per heavy atom. The molecular weight excluding hydrogens is 295 g/mol. The lowest BCUT2D eigenvalue weighted by atomic mass is 10.3. The first-order chi connectivity index (χ1) is 9.54. The summed E-state index contributed by atoms with van der Waals surface area (Å²) in [6, 6.07) is 11.1. The smallest absolute Gasteiger partial charge is 0.219 e. The average Bonchev–Trinajstić information content (AvgIpc) is 2.39. The maximum absolute atomic E-state index is 6.13. The molecule has 0 bridgehead atoms. The number of nitrogens with zero attached hydrogens (tertiary/aromatic N) is 1. The van der Waals surface area contributed by atoms with Crippen LogP contribution in [0.5, 0.6) is 11.6 Å². The van der Waals surface area contributed by atoms with Crippen molar-refractivity contribution in [1.82, 2.24) is 10.3 Å². The van der Waals surface area contributed by atoms with Crippen molar-refractivity contribution in [2.75, 3.05) is 0 Å². The van der Waals surface area contributed by atoms with E-state index >= 15 is 0 Å². The predicted molar refractivity (Wildman–Crippen MR) is 82.7 cm³/mol. The van der Waals surface area contributed by atoms with Gasteiger partial charge in [0.25, 0.3) is 0 Å². The van der Waals surface area contributed by atoms with E-state index in [1.54, 1.807) is 24.3 Å². The second kappa shape index (κ2) is 6.93. The number of hydrogen-bond donors (Lipinski definition) is 1. The number of ether oxygens (including phenoxy) is 1. The molecule has 1 N–H and O–H groups in total. The lowest BCUT2D eigenvalue weighted by Gasteiger charge is -2.11. The van der Waals surface area contributed by atoms with Crippen molar-refractivity contribution in [3.05, 3.63) is 52.1 Å². The number of aromatic nitrogens is 1. The zero-order chi connectivity index (χ0) is 14.5. The van der Waals surface area contributed by atoms with Crippen LogP contribution in [-0.2, 0) is 6.54 Å². The molecule has 0 aliphatic carbocycles. The number of pyridine rings is 1. The molecule has 2 aromatic rings. The molecule has 2 rings (SSSR count). The van der Waals surface area contributed by atoms with E-state index in [1.807, 2.05) is 12.1 Å². The molecule has 1 aromatic heterocycles. The van der Waals surface area contributed by atoms with Crippen LogP contribution in [0.15, 0.2) is 36.4 Å². The van der Waals surface area contributed by atoms with Crippen LogP contribution in [0.4, 0.5) is 0 Å². The van der Waals surface area contributed by atoms with E-state index in [0.29, 0.717) is 34.3 Å². The highest BCUT2D eigenvalue weighted by Gasteiger charge is 2.06. The zero-order valence-corrected chi connectivity index (χ0v) is 12.9. The maximum Gasteiger partial charge on any atom is 0.219 e. The van der Waals surface area contributed by atoms with Gasteiger partial charge in [-0.3, -0.25) is 0 Å². The molecule has 3 nitrogen and oxygen atoms in total. The first-order valence-corrected chi connectivity index (χ1v) is 7.12. The standard InChI is InChI=1S/C15H16Cl2N2O/c1-10(2)18-9-14-13(17)6-7-15(19-14)20-12-5-3-4-11(16)8-12/h3-8,10,18H,9H2,1-2H3. The molecule has 0 saturated carbocycles. The van der Waals surface area contributed by atoms with Gasteiger partial charge in [-0.1, -0.05) is 43.1 Å². The van der Waals surface area contributed by atoms with E-state index in [-0.39, 0.29) is 0 Å². The van der Waals surface area contributed by atoms with Crippen LogP contribution in [0.2, 0.25) is 10.0 Å². The van der Waals surface area contributed by atoms with Crippen LogP contribution in [0.1, 0.15) is 19.5 Å². The molecule has 106 valence electrons. The summed E-state index contributed by atoms with van der Waals surface area (Å²) in [5, 5.41) is 4.52. The fraction of sp³-hybridized carbons (Fsp3) is 0.267. The van der Waals surface area contributed by atoms with Gasteiger partial charge in [-0.2, -0.15) is 0 Å². The number of hydrogen-bond acceptors (Lipinski definition) is 3. The molecule has 0 atom stereocenters. The minimum absolute atomic E-state index is 0.366. The second-order valence-corrected chi connectivity index (χ2v) is 5.52. The summed E-state index contributed by atoms with van der Waals surface area (Å²) in [4.78, 5) is 4.41. The lowest BCUT2D eigenvalue weighted by molar-refractivity contribution is 0.458. The number of nitrogens with one attached hydrogen (secondary N) is 1. The molecule has 0 amide bonds. The molecule has 1 aromatic carbocycles. The van der Waals surface area contributed by atoms with Crippen molar-refractivity contribution in [3.8, 4) is 11.6 Å². The maximum atomic E-state index is 6.13. The summed E-state index contributed by atoms with van der Waals surface area (Å²) >= 11 is 12.0. The normalized spacial score (nSPS) is 10.8. The second-order valence-electron chi connectivity index (χ2n) is 4.67. The van der Waals surface area contributed by atoms with Gasteiger partial charge in [0.05, 0.1) is 10.7 Å². The Balaban J connectivity index is 2.14. The minimum Gasteiger partial charge on any atom is -0.439 e. The predicted octanol–water partition coefficient (Wildman–Crippen LogP) is 4.68. The molecule has 0 radical (unpaired) electrons. The first kappa shape index (κ1) is 15.1. The van der Waals surface area contributed by atoms with Crippen LogP contribution < -0.4 is 10.1 Å². The number of benzene rings is 1. The topological polar surface area (TPSA) is 34.2 Å². The Kier molecular flexibility index (Phi) is 5.24. The number of halogens is 2. The Bertz CT molecular complexity index is 588. The summed E-state index contributed by atoms with van der Waals surface area (Å²) in [7, 11) is 0. The quantitative estimate of drug-likeness (QED) is 0.870. The Hall–Kier alpha value is -1.29. The van der Waals surface area contributed by atoms with Crippen LogP contribution in [0, 0.1) is 0 Å². The van der Waals surface area contributed by atoms with Gasteiger partial charge in [-0.15, -0.1) is 0 Å². The van der Waals surface area contributed by atoms with Crippen molar-refractivity contribution < 1.29 is 4.74 Å². The lowest BCUT2D eigenvalue weighted by Crippen LogP contribution is -2.22. The molecule has 0 fully saturated rings. The Morgan fingerprint density at radius 3 is 2.70 bits per heavy atom. The highest BCUT2D eigenvalue weighted by atomic mass is 35.5. The average molecular weight is 311 g/mol. The van der Waals surface area contributed by atoms with E-state index in [0.717, 1.165) is 5.69 Å². The third-order valence-corrected chi connectivity index (χ3v) is 3.17. The van der Waals surface area contributed by atoms with E-state index in [9.17, 15) is 0 Å². The largest absolute Gasteiger partial charge is 0.439 e. The SMILES string of the molecule is CC(C)NCc1nc(Oc2cccc(Cl)c2)ccc1Cl. The summed E-state index contributed by atoms with van der Waals surface area (Å²) in [5.74, 6) is 1.15. The van der Waals surface area contributed by atoms with Gasteiger partial charge >= 0.3 is 0 Å². The van der Waals surface area contributed by atoms with E-state index in [1.165, 1.54) is 0 Å². The molecule has 1 heterocycles.